The van der Waals surface area contributed by atoms with Crippen molar-refractivity contribution in [3.8, 4) is 0 Å². The van der Waals surface area contributed by atoms with Gasteiger partial charge in [-0.1, -0.05) is 0 Å². The summed E-state index contributed by atoms with van der Waals surface area (Å²) in [5.41, 5.74) is 0.951. The summed E-state index contributed by atoms with van der Waals surface area (Å²) in [4.78, 5) is 15.5. The molecule has 0 aliphatic heterocycles. The van der Waals surface area contributed by atoms with Gasteiger partial charge in [-0.3, -0.25) is 0 Å². The van der Waals surface area contributed by atoms with Gasteiger partial charge in [-0.05, 0) is 19.1 Å². The average Bonchev–Trinajstić information content (AvgIpc) is 2.56. The Labute approximate surface area is 80.3 Å². The zero-order valence-electron chi connectivity index (χ0n) is 7.89. The monoisotopic (exact) mass is 191 g/mol. The number of carbonyl (C=O) groups excluding carboxylic acids is 1. The molecule has 2 aromatic heterocycles. The number of esters is 1. The molecule has 2 rings (SSSR count). The van der Waals surface area contributed by atoms with Crippen molar-refractivity contribution in [2.45, 2.75) is 6.92 Å². The number of nitrogens with zero attached hydrogens (tertiary/aromatic N) is 3. The van der Waals surface area contributed by atoms with Crippen molar-refractivity contribution in [2.75, 3.05) is 7.11 Å². The van der Waals surface area contributed by atoms with Gasteiger partial charge < -0.3 is 4.74 Å². The van der Waals surface area contributed by atoms with Crippen molar-refractivity contribution in [3.63, 3.8) is 0 Å². The van der Waals surface area contributed by atoms with E-state index < -0.39 is 5.97 Å². The Hall–Kier alpha value is -1.91. The van der Waals surface area contributed by atoms with Crippen LogP contribution in [0.4, 0.5) is 0 Å². The lowest BCUT2D eigenvalue weighted by atomic mass is 10.3. The second-order valence-electron chi connectivity index (χ2n) is 2.84. The van der Waals surface area contributed by atoms with Gasteiger partial charge in [0.2, 0.25) is 0 Å². The summed E-state index contributed by atoms with van der Waals surface area (Å²) in [7, 11) is 1.34. The minimum atomic E-state index is -0.400. The van der Waals surface area contributed by atoms with Crippen molar-refractivity contribution in [1.82, 2.24) is 14.6 Å². The number of rotatable bonds is 1. The van der Waals surface area contributed by atoms with Gasteiger partial charge in [-0.15, -0.1) is 0 Å². The molecule has 0 saturated heterocycles. The number of carbonyl (C=O) groups is 1. The number of hydrogen-bond donors (Lipinski definition) is 0. The molecular formula is C9H9N3O2. The van der Waals surface area contributed by atoms with Crippen LogP contribution in [0.1, 0.15) is 16.2 Å². The maximum Gasteiger partial charge on any atom is 0.341 e. The lowest BCUT2D eigenvalue weighted by Gasteiger charge is -1.99. The lowest BCUT2D eigenvalue weighted by Crippen LogP contribution is -2.04. The zero-order valence-corrected chi connectivity index (χ0v) is 7.89. The highest BCUT2D eigenvalue weighted by molar-refractivity contribution is 5.95. The first-order chi connectivity index (χ1) is 6.72. The van der Waals surface area contributed by atoms with Crippen LogP contribution in [-0.2, 0) is 4.74 Å². The van der Waals surface area contributed by atoms with Crippen LogP contribution in [0.3, 0.4) is 0 Å². The van der Waals surface area contributed by atoms with E-state index in [-0.39, 0.29) is 0 Å². The van der Waals surface area contributed by atoms with Gasteiger partial charge in [-0.2, -0.15) is 5.10 Å². The summed E-state index contributed by atoms with van der Waals surface area (Å²) in [6.07, 6.45) is 1.74. The van der Waals surface area contributed by atoms with Gasteiger partial charge in [0.05, 0.1) is 7.11 Å². The van der Waals surface area contributed by atoms with Crippen LogP contribution in [0.25, 0.3) is 5.65 Å². The molecule has 0 atom stereocenters. The molecule has 0 unspecified atom stereocenters. The maximum atomic E-state index is 11.3. The molecule has 0 saturated carbocycles. The molecule has 14 heavy (non-hydrogen) atoms. The fourth-order valence-electron chi connectivity index (χ4n) is 1.28. The Morgan fingerprint density at radius 2 is 2.36 bits per heavy atom. The first kappa shape index (κ1) is 8.68. The first-order valence-electron chi connectivity index (χ1n) is 4.12. The Morgan fingerprint density at radius 3 is 3.07 bits per heavy atom. The zero-order chi connectivity index (χ0) is 10.1. The summed E-state index contributed by atoms with van der Waals surface area (Å²) >= 11 is 0. The molecule has 2 heterocycles. The van der Waals surface area contributed by atoms with E-state index in [1.54, 1.807) is 29.8 Å². The van der Waals surface area contributed by atoms with E-state index in [4.69, 9.17) is 0 Å². The summed E-state index contributed by atoms with van der Waals surface area (Å²) in [5.74, 6) is 0.226. The van der Waals surface area contributed by atoms with Crippen molar-refractivity contribution in [3.05, 3.63) is 29.7 Å². The highest BCUT2D eigenvalue weighted by Crippen LogP contribution is 2.09. The average molecular weight is 191 g/mol. The molecule has 5 nitrogen and oxygen atoms in total. The fourth-order valence-corrected chi connectivity index (χ4v) is 1.28. The van der Waals surface area contributed by atoms with Crippen LogP contribution in [-0.4, -0.2) is 27.7 Å². The molecule has 0 amide bonds. The molecular weight excluding hydrogens is 182 g/mol. The summed E-state index contributed by atoms with van der Waals surface area (Å²) in [6.45, 7) is 1.77. The summed E-state index contributed by atoms with van der Waals surface area (Å²) in [6, 6.07) is 3.39. The van der Waals surface area contributed by atoms with Crippen molar-refractivity contribution in [1.29, 1.82) is 0 Å². The van der Waals surface area contributed by atoms with E-state index >= 15 is 0 Å². The number of ether oxygens (including phenoxy) is 1. The van der Waals surface area contributed by atoms with Gasteiger partial charge in [0, 0.05) is 6.20 Å². The van der Waals surface area contributed by atoms with Crippen LogP contribution >= 0.6 is 0 Å². The highest BCUT2D eigenvalue weighted by Gasteiger charge is 2.12. The Morgan fingerprint density at radius 1 is 1.57 bits per heavy atom. The minimum absolute atomic E-state index is 0.400. The quantitative estimate of drug-likeness (QED) is 0.626. The molecule has 0 spiro atoms. The van der Waals surface area contributed by atoms with E-state index in [1.165, 1.54) is 7.11 Å². The number of aromatic nitrogens is 3. The molecule has 0 fully saturated rings. The highest BCUT2D eigenvalue weighted by atomic mass is 16.5. The second-order valence-corrected chi connectivity index (χ2v) is 2.84. The SMILES string of the molecule is COC(=O)c1cccn2nc(C)nc12. The second kappa shape index (κ2) is 3.10. The standard InChI is InChI=1S/C9H9N3O2/c1-6-10-8-7(9(13)14-2)4-3-5-12(8)11-6/h3-5H,1-2H3. The lowest BCUT2D eigenvalue weighted by molar-refractivity contribution is 0.0602. The van der Waals surface area contributed by atoms with Crippen LogP contribution in [0, 0.1) is 6.92 Å². The normalized spacial score (nSPS) is 10.4. The predicted molar refractivity (Wildman–Crippen MR) is 49.1 cm³/mol. The fraction of sp³-hybridized carbons (Fsp3) is 0.222. The number of pyridine rings is 1. The van der Waals surface area contributed by atoms with E-state index in [1.807, 2.05) is 0 Å². The van der Waals surface area contributed by atoms with E-state index in [9.17, 15) is 4.79 Å². The molecule has 0 radical (unpaired) electrons. The van der Waals surface area contributed by atoms with Crippen LogP contribution in [0.5, 0.6) is 0 Å². The van der Waals surface area contributed by atoms with Crippen molar-refractivity contribution in [2.24, 2.45) is 0 Å². The third kappa shape index (κ3) is 1.22. The number of methoxy groups -OCH3 is 1. The third-order valence-corrected chi connectivity index (χ3v) is 1.87. The Bertz CT molecular complexity index is 490. The van der Waals surface area contributed by atoms with E-state index in [0.717, 1.165) is 0 Å². The van der Waals surface area contributed by atoms with Crippen LogP contribution in [0.15, 0.2) is 18.3 Å². The topological polar surface area (TPSA) is 56.5 Å². The molecule has 2 aromatic rings. The van der Waals surface area contributed by atoms with Crippen molar-refractivity contribution >= 4 is 11.6 Å². The maximum absolute atomic E-state index is 11.3. The van der Waals surface area contributed by atoms with E-state index in [0.29, 0.717) is 17.0 Å². The minimum Gasteiger partial charge on any atom is -0.465 e. The molecule has 72 valence electrons. The van der Waals surface area contributed by atoms with Crippen molar-refractivity contribution < 1.29 is 9.53 Å². The third-order valence-electron chi connectivity index (χ3n) is 1.87. The molecule has 5 heteroatoms. The van der Waals surface area contributed by atoms with Gasteiger partial charge in [0.25, 0.3) is 0 Å². The van der Waals surface area contributed by atoms with E-state index in [2.05, 4.69) is 14.8 Å². The predicted octanol–water partition coefficient (Wildman–Crippen LogP) is 0.824. The first-order valence-corrected chi connectivity index (χ1v) is 4.12. The molecule has 0 bridgehead atoms. The largest absolute Gasteiger partial charge is 0.465 e. The molecule has 0 N–H and O–H groups in total. The molecule has 0 aliphatic carbocycles. The van der Waals surface area contributed by atoms with Gasteiger partial charge in [-0.25, -0.2) is 14.3 Å². The molecule has 0 aromatic carbocycles. The smallest absolute Gasteiger partial charge is 0.341 e. The summed E-state index contributed by atoms with van der Waals surface area (Å²) in [5, 5.41) is 4.09. The van der Waals surface area contributed by atoms with Gasteiger partial charge >= 0.3 is 5.97 Å². The van der Waals surface area contributed by atoms with Crippen LogP contribution < -0.4 is 0 Å². The number of hydrogen-bond acceptors (Lipinski definition) is 4. The summed E-state index contributed by atoms with van der Waals surface area (Å²) < 4.78 is 6.19. The Kier molecular flexibility index (Phi) is 1.92. The number of aryl methyl sites for hydroxylation is 1. The van der Waals surface area contributed by atoms with Crippen LogP contribution in [0.2, 0.25) is 0 Å². The van der Waals surface area contributed by atoms with Gasteiger partial charge in [0.1, 0.15) is 11.4 Å². The van der Waals surface area contributed by atoms with Gasteiger partial charge in [0.15, 0.2) is 5.65 Å². The number of fused-ring (bicyclic) bond motifs is 1. The Balaban J connectivity index is 2.70. The molecule has 0 aliphatic rings.